The van der Waals surface area contributed by atoms with Crippen LogP contribution in [0.4, 0.5) is 0 Å². The lowest BCUT2D eigenvalue weighted by Crippen LogP contribution is -2.25. The zero-order valence-electron chi connectivity index (χ0n) is 8.75. The molecule has 1 N–H and O–H groups in total. The summed E-state index contributed by atoms with van der Waals surface area (Å²) in [5.74, 6) is 0. The molecule has 3 heteroatoms. The topological polar surface area (TPSA) is 29.9 Å². The molecule has 0 saturated carbocycles. The van der Waals surface area contributed by atoms with E-state index >= 15 is 0 Å². The molecule has 0 fully saturated rings. The van der Waals surface area contributed by atoms with Crippen LogP contribution in [-0.4, -0.2) is 15.6 Å². The molecule has 0 aliphatic rings. The van der Waals surface area contributed by atoms with Gasteiger partial charge < -0.3 is 9.88 Å². The summed E-state index contributed by atoms with van der Waals surface area (Å²) in [5, 5.41) is 3.47. The van der Waals surface area contributed by atoms with E-state index in [4.69, 9.17) is 0 Å². The highest BCUT2D eigenvalue weighted by atomic mass is 15.0. The van der Waals surface area contributed by atoms with Crippen LogP contribution in [0.1, 0.15) is 32.4 Å². The lowest BCUT2D eigenvalue weighted by atomic mass is 10.2. The highest BCUT2D eigenvalue weighted by Gasteiger charge is 2.01. The number of nitrogens with zero attached hydrogens (tertiary/aromatic N) is 2. The Morgan fingerprint density at radius 2 is 2.38 bits per heavy atom. The Kier molecular flexibility index (Phi) is 3.96. The lowest BCUT2D eigenvalue weighted by Gasteiger charge is -2.12. The minimum absolute atomic E-state index is 0.597. The monoisotopic (exact) mass is 181 g/mol. The third kappa shape index (κ3) is 3.19. The van der Waals surface area contributed by atoms with E-state index in [1.165, 1.54) is 18.5 Å². The SMILES string of the molecule is CCCC(C)NCc1cncn1C. The summed E-state index contributed by atoms with van der Waals surface area (Å²) >= 11 is 0. The van der Waals surface area contributed by atoms with Crippen LogP contribution in [0.3, 0.4) is 0 Å². The van der Waals surface area contributed by atoms with Crippen LogP contribution >= 0.6 is 0 Å². The second kappa shape index (κ2) is 5.02. The molecule has 13 heavy (non-hydrogen) atoms. The van der Waals surface area contributed by atoms with Crippen LogP contribution in [0, 0.1) is 0 Å². The van der Waals surface area contributed by atoms with E-state index in [-0.39, 0.29) is 0 Å². The van der Waals surface area contributed by atoms with Gasteiger partial charge >= 0.3 is 0 Å². The third-order valence-electron chi connectivity index (χ3n) is 2.27. The Labute approximate surface area is 80.2 Å². The second-order valence-electron chi connectivity index (χ2n) is 3.57. The summed E-state index contributed by atoms with van der Waals surface area (Å²) in [6, 6.07) is 0.597. The first-order valence-electron chi connectivity index (χ1n) is 4.92. The number of aryl methyl sites for hydroxylation is 1. The third-order valence-corrected chi connectivity index (χ3v) is 2.27. The molecular weight excluding hydrogens is 162 g/mol. The molecule has 0 aliphatic carbocycles. The smallest absolute Gasteiger partial charge is 0.0945 e. The average molecular weight is 181 g/mol. The number of hydrogen-bond acceptors (Lipinski definition) is 2. The van der Waals surface area contributed by atoms with E-state index in [2.05, 4.69) is 24.1 Å². The summed E-state index contributed by atoms with van der Waals surface area (Å²) in [4.78, 5) is 4.07. The van der Waals surface area contributed by atoms with Crippen molar-refractivity contribution in [2.24, 2.45) is 7.05 Å². The number of hydrogen-bond donors (Lipinski definition) is 1. The van der Waals surface area contributed by atoms with Gasteiger partial charge in [-0.2, -0.15) is 0 Å². The molecule has 1 rings (SSSR count). The van der Waals surface area contributed by atoms with Gasteiger partial charge in [-0.3, -0.25) is 0 Å². The summed E-state index contributed by atoms with van der Waals surface area (Å²) in [5.41, 5.74) is 1.24. The quantitative estimate of drug-likeness (QED) is 0.749. The van der Waals surface area contributed by atoms with Crippen molar-refractivity contribution < 1.29 is 0 Å². The summed E-state index contributed by atoms with van der Waals surface area (Å²) in [7, 11) is 2.02. The number of rotatable bonds is 5. The number of aromatic nitrogens is 2. The molecule has 1 heterocycles. The molecule has 0 spiro atoms. The van der Waals surface area contributed by atoms with Gasteiger partial charge in [-0.15, -0.1) is 0 Å². The predicted octanol–water partition coefficient (Wildman–Crippen LogP) is 1.70. The van der Waals surface area contributed by atoms with Crippen molar-refractivity contribution >= 4 is 0 Å². The van der Waals surface area contributed by atoms with Gasteiger partial charge in [-0.1, -0.05) is 13.3 Å². The minimum Gasteiger partial charge on any atom is -0.337 e. The van der Waals surface area contributed by atoms with E-state index in [1.807, 2.05) is 24.1 Å². The van der Waals surface area contributed by atoms with Gasteiger partial charge in [0.15, 0.2) is 0 Å². The van der Waals surface area contributed by atoms with E-state index in [9.17, 15) is 0 Å². The Balaban J connectivity index is 2.30. The molecule has 1 aromatic rings. The van der Waals surface area contributed by atoms with E-state index in [0.29, 0.717) is 6.04 Å². The molecule has 74 valence electrons. The van der Waals surface area contributed by atoms with E-state index in [0.717, 1.165) is 6.54 Å². The van der Waals surface area contributed by atoms with Gasteiger partial charge in [-0.05, 0) is 13.3 Å². The van der Waals surface area contributed by atoms with Gasteiger partial charge in [0.05, 0.1) is 12.0 Å². The lowest BCUT2D eigenvalue weighted by molar-refractivity contribution is 0.499. The van der Waals surface area contributed by atoms with Crippen molar-refractivity contribution in [3.8, 4) is 0 Å². The van der Waals surface area contributed by atoms with Crippen molar-refractivity contribution in [3.63, 3.8) is 0 Å². The van der Waals surface area contributed by atoms with Crippen LogP contribution in [0.5, 0.6) is 0 Å². The molecule has 1 unspecified atom stereocenters. The fourth-order valence-electron chi connectivity index (χ4n) is 1.37. The normalized spacial score (nSPS) is 13.2. The molecule has 0 radical (unpaired) electrons. The van der Waals surface area contributed by atoms with Crippen LogP contribution in [-0.2, 0) is 13.6 Å². The zero-order valence-corrected chi connectivity index (χ0v) is 8.75. The van der Waals surface area contributed by atoms with Crippen LogP contribution in [0.25, 0.3) is 0 Å². The van der Waals surface area contributed by atoms with Crippen LogP contribution in [0.15, 0.2) is 12.5 Å². The number of imidazole rings is 1. The molecule has 1 aromatic heterocycles. The first-order chi connectivity index (χ1) is 6.24. The maximum Gasteiger partial charge on any atom is 0.0945 e. The fraction of sp³-hybridized carbons (Fsp3) is 0.700. The Morgan fingerprint density at radius 1 is 1.62 bits per heavy atom. The molecule has 1 atom stereocenters. The maximum absolute atomic E-state index is 4.07. The average Bonchev–Trinajstić information content (AvgIpc) is 2.48. The maximum atomic E-state index is 4.07. The van der Waals surface area contributed by atoms with Crippen molar-refractivity contribution in [3.05, 3.63) is 18.2 Å². The first-order valence-corrected chi connectivity index (χ1v) is 4.92. The van der Waals surface area contributed by atoms with Crippen molar-refractivity contribution in [1.29, 1.82) is 0 Å². The van der Waals surface area contributed by atoms with Gasteiger partial charge in [0.1, 0.15) is 0 Å². The van der Waals surface area contributed by atoms with Gasteiger partial charge in [0.2, 0.25) is 0 Å². The highest BCUT2D eigenvalue weighted by Crippen LogP contribution is 1.99. The Bertz CT molecular complexity index is 242. The van der Waals surface area contributed by atoms with Gasteiger partial charge in [-0.25, -0.2) is 4.98 Å². The highest BCUT2D eigenvalue weighted by molar-refractivity contribution is 4.96. The molecule has 0 amide bonds. The number of nitrogens with one attached hydrogen (secondary N) is 1. The first kappa shape index (κ1) is 10.3. The second-order valence-corrected chi connectivity index (χ2v) is 3.57. The van der Waals surface area contributed by atoms with Crippen LogP contribution in [0.2, 0.25) is 0 Å². The van der Waals surface area contributed by atoms with E-state index < -0.39 is 0 Å². The molecule has 0 saturated heterocycles. The van der Waals surface area contributed by atoms with Gasteiger partial charge in [0, 0.05) is 25.8 Å². The van der Waals surface area contributed by atoms with Gasteiger partial charge in [0.25, 0.3) is 0 Å². The van der Waals surface area contributed by atoms with Crippen molar-refractivity contribution in [2.45, 2.75) is 39.3 Å². The van der Waals surface area contributed by atoms with Crippen molar-refractivity contribution in [1.82, 2.24) is 14.9 Å². The molecule has 3 nitrogen and oxygen atoms in total. The Hall–Kier alpha value is -0.830. The summed E-state index contributed by atoms with van der Waals surface area (Å²) in [6.45, 7) is 5.35. The largest absolute Gasteiger partial charge is 0.337 e. The summed E-state index contributed by atoms with van der Waals surface area (Å²) < 4.78 is 2.05. The summed E-state index contributed by atoms with van der Waals surface area (Å²) in [6.07, 6.45) is 6.21. The molecule has 0 aromatic carbocycles. The minimum atomic E-state index is 0.597. The molecular formula is C10H19N3. The predicted molar refractivity (Wildman–Crippen MR) is 54.4 cm³/mol. The molecule has 0 aliphatic heterocycles. The van der Waals surface area contributed by atoms with Crippen molar-refractivity contribution in [2.75, 3.05) is 0 Å². The van der Waals surface area contributed by atoms with E-state index in [1.54, 1.807) is 0 Å². The Morgan fingerprint density at radius 3 is 2.92 bits per heavy atom. The zero-order chi connectivity index (χ0) is 9.68. The van der Waals surface area contributed by atoms with Crippen LogP contribution < -0.4 is 5.32 Å². The fourth-order valence-corrected chi connectivity index (χ4v) is 1.37. The standard InChI is InChI=1S/C10H19N3/c1-4-5-9(2)12-7-10-6-11-8-13(10)3/h6,8-9,12H,4-5,7H2,1-3H3. The molecule has 0 bridgehead atoms.